The van der Waals surface area contributed by atoms with Crippen molar-refractivity contribution in [3.05, 3.63) is 23.9 Å². The van der Waals surface area contributed by atoms with E-state index in [1.807, 2.05) is 0 Å². The number of halogens is 3. The third kappa shape index (κ3) is 2.75. The van der Waals surface area contributed by atoms with Crippen LogP contribution in [0.1, 0.15) is 31.2 Å². The van der Waals surface area contributed by atoms with Gasteiger partial charge in [0.1, 0.15) is 6.10 Å². The highest BCUT2D eigenvalue weighted by molar-refractivity contribution is 5.20. The van der Waals surface area contributed by atoms with E-state index in [2.05, 4.69) is 10.3 Å². The molecule has 1 saturated heterocycles. The quantitative estimate of drug-likeness (QED) is 0.907. The maximum Gasteiger partial charge on any atom is 0.417 e. The van der Waals surface area contributed by atoms with Gasteiger partial charge in [0.25, 0.3) is 0 Å². The molecule has 1 N–H and O–H groups in total. The number of hydrogen-bond donors (Lipinski definition) is 1. The van der Waals surface area contributed by atoms with E-state index in [0.717, 1.165) is 38.2 Å². The van der Waals surface area contributed by atoms with Crippen LogP contribution in [0.25, 0.3) is 0 Å². The average molecular weight is 286 g/mol. The Balaban J connectivity index is 1.55. The molecule has 110 valence electrons. The van der Waals surface area contributed by atoms with Crippen LogP contribution in [0.3, 0.4) is 0 Å². The summed E-state index contributed by atoms with van der Waals surface area (Å²) in [6.07, 6.45) is 0.877. The summed E-state index contributed by atoms with van der Waals surface area (Å²) in [6, 6.07) is 2.31. The summed E-state index contributed by atoms with van der Waals surface area (Å²) in [5, 5.41) is 3.39. The minimum Gasteiger partial charge on any atom is -0.474 e. The molecule has 0 atom stereocenters. The molecule has 1 aliphatic carbocycles. The lowest BCUT2D eigenvalue weighted by Crippen LogP contribution is -2.52. The van der Waals surface area contributed by atoms with Crippen molar-refractivity contribution in [2.24, 2.45) is 5.41 Å². The lowest BCUT2D eigenvalue weighted by molar-refractivity contribution is -0.137. The summed E-state index contributed by atoms with van der Waals surface area (Å²) < 4.78 is 42.9. The average Bonchev–Trinajstić information content (AvgIpc) is 2.38. The Morgan fingerprint density at radius 1 is 1.30 bits per heavy atom. The Bertz CT molecular complexity index is 458. The standard InChI is InChI=1S/C14H17F3N2O/c15-14(16,17)10-2-3-12(19-8-10)20-11-6-13(7-11)4-1-5-18-9-13/h2-3,8,11,18H,1,4-7,9H2. The second-order valence-corrected chi connectivity index (χ2v) is 5.81. The van der Waals surface area contributed by atoms with E-state index in [1.54, 1.807) is 0 Å². The summed E-state index contributed by atoms with van der Waals surface area (Å²) in [6.45, 7) is 2.10. The highest BCUT2D eigenvalue weighted by atomic mass is 19.4. The molecular formula is C14H17F3N2O. The summed E-state index contributed by atoms with van der Waals surface area (Å²) in [5.41, 5.74) is -0.402. The zero-order valence-electron chi connectivity index (χ0n) is 11.0. The number of nitrogens with zero attached hydrogens (tertiary/aromatic N) is 1. The predicted molar refractivity (Wildman–Crippen MR) is 67.4 cm³/mol. The zero-order chi connectivity index (χ0) is 14.2. The van der Waals surface area contributed by atoms with E-state index >= 15 is 0 Å². The van der Waals surface area contributed by atoms with Gasteiger partial charge in [0.05, 0.1) is 5.56 Å². The first kappa shape index (κ1) is 13.7. The van der Waals surface area contributed by atoms with E-state index in [9.17, 15) is 13.2 Å². The van der Waals surface area contributed by atoms with Crippen molar-refractivity contribution in [3.63, 3.8) is 0 Å². The highest BCUT2D eigenvalue weighted by Gasteiger charge is 2.46. The number of alkyl halides is 3. The Morgan fingerprint density at radius 2 is 2.10 bits per heavy atom. The number of pyridine rings is 1. The van der Waals surface area contributed by atoms with E-state index in [0.29, 0.717) is 5.41 Å². The van der Waals surface area contributed by atoms with Crippen molar-refractivity contribution in [2.75, 3.05) is 13.1 Å². The van der Waals surface area contributed by atoms with E-state index in [-0.39, 0.29) is 12.0 Å². The van der Waals surface area contributed by atoms with Crippen molar-refractivity contribution in [1.82, 2.24) is 10.3 Å². The molecule has 0 aromatic carbocycles. The van der Waals surface area contributed by atoms with Gasteiger partial charge in [-0.2, -0.15) is 13.2 Å². The molecule has 2 aliphatic rings. The molecular weight excluding hydrogens is 269 g/mol. The smallest absolute Gasteiger partial charge is 0.417 e. The van der Waals surface area contributed by atoms with Gasteiger partial charge in [-0.15, -0.1) is 0 Å². The van der Waals surface area contributed by atoms with Gasteiger partial charge in [-0.1, -0.05) is 0 Å². The van der Waals surface area contributed by atoms with Gasteiger partial charge in [0.15, 0.2) is 0 Å². The normalized spacial score (nSPS) is 30.1. The first-order chi connectivity index (χ1) is 9.47. The minimum atomic E-state index is -4.35. The van der Waals surface area contributed by atoms with Crippen LogP contribution in [-0.2, 0) is 6.18 Å². The van der Waals surface area contributed by atoms with Gasteiger partial charge in [0, 0.05) is 18.8 Å². The first-order valence-electron chi connectivity index (χ1n) is 6.88. The number of piperidine rings is 1. The van der Waals surface area contributed by atoms with Crippen LogP contribution in [-0.4, -0.2) is 24.2 Å². The molecule has 1 aromatic rings. The highest BCUT2D eigenvalue weighted by Crippen LogP contribution is 2.47. The van der Waals surface area contributed by atoms with E-state index in [1.165, 1.54) is 18.9 Å². The van der Waals surface area contributed by atoms with Crippen LogP contribution in [0.5, 0.6) is 5.88 Å². The largest absolute Gasteiger partial charge is 0.474 e. The predicted octanol–water partition coefficient (Wildman–Crippen LogP) is 3.01. The monoisotopic (exact) mass is 286 g/mol. The third-order valence-corrected chi connectivity index (χ3v) is 4.23. The summed E-state index contributed by atoms with van der Waals surface area (Å²) >= 11 is 0. The van der Waals surface area contributed by atoms with Crippen LogP contribution in [0.2, 0.25) is 0 Å². The molecule has 2 heterocycles. The fraction of sp³-hybridized carbons (Fsp3) is 0.643. The summed E-state index contributed by atoms with van der Waals surface area (Å²) in [4.78, 5) is 3.74. The Kier molecular flexibility index (Phi) is 3.36. The van der Waals surface area contributed by atoms with E-state index < -0.39 is 11.7 Å². The molecule has 0 amide bonds. The molecule has 6 heteroatoms. The molecule has 0 bridgehead atoms. The van der Waals surface area contributed by atoms with Crippen LogP contribution >= 0.6 is 0 Å². The van der Waals surface area contributed by atoms with Crippen molar-refractivity contribution in [1.29, 1.82) is 0 Å². The van der Waals surface area contributed by atoms with Crippen LogP contribution in [0.15, 0.2) is 18.3 Å². The molecule has 0 radical (unpaired) electrons. The molecule has 0 unspecified atom stereocenters. The first-order valence-corrected chi connectivity index (χ1v) is 6.88. The maximum absolute atomic E-state index is 12.4. The molecule has 1 spiro atoms. The lowest BCUT2D eigenvalue weighted by Gasteiger charge is -2.49. The molecule has 1 aliphatic heterocycles. The number of aromatic nitrogens is 1. The lowest BCUT2D eigenvalue weighted by atomic mass is 9.63. The minimum absolute atomic E-state index is 0.0825. The molecule has 3 rings (SSSR count). The summed E-state index contributed by atoms with van der Waals surface area (Å²) in [7, 11) is 0. The van der Waals surface area contributed by atoms with Crippen LogP contribution < -0.4 is 10.1 Å². The molecule has 1 saturated carbocycles. The second-order valence-electron chi connectivity index (χ2n) is 5.81. The van der Waals surface area contributed by atoms with Crippen molar-refractivity contribution < 1.29 is 17.9 Å². The third-order valence-electron chi connectivity index (χ3n) is 4.23. The second kappa shape index (κ2) is 4.91. The van der Waals surface area contributed by atoms with Gasteiger partial charge in [-0.05, 0) is 43.7 Å². The molecule has 1 aromatic heterocycles. The topological polar surface area (TPSA) is 34.1 Å². The van der Waals surface area contributed by atoms with Gasteiger partial charge >= 0.3 is 6.18 Å². The van der Waals surface area contributed by atoms with Crippen molar-refractivity contribution in [3.8, 4) is 5.88 Å². The van der Waals surface area contributed by atoms with Crippen molar-refractivity contribution in [2.45, 2.75) is 38.0 Å². The van der Waals surface area contributed by atoms with Crippen LogP contribution in [0, 0.1) is 5.41 Å². The van der Waals surface area contributed by atoms with Gasteiger partial charge in [0.2, 0.25) is 5.88 Å². The number of hydrogen-bond acceptors (Lipinski definition) is 3. The number of ether oxygens (including phenoxy) is 1. The number of nitrogens with one attached hydrogen (secondary N) is 1. The summed E-state index contributed by atoms with van der Waals surface area (Å²) in [5.74, 6) is 0.279. The van der Waals surface area contributed by atoms with Gasteiger partial charge in [-0.3, -0.25) is 0 Å². The molecule has 3 nitrogen and oxygen atoms in total. The fourth-order valence-corrected chi connectivity index (χ4v) is 3.16. The Hall–Kier alpha value is -1.30. The zero-order valence-corrected chi connectivity index (χ0v) is 11.0. The Morgan fingerprint density at radius 3 is 2.65 bits per heavy atom. The maximum atomic E-state index is 12.4. The Labute approximate surface area is 115 Å². The fourth-order valence-electron chi connectivity index (χ4n) is 3.16. The molecule has 2 fully saturated rings. The van der Waals surface area contributed by atoms with Gasteiger partial charge in [-0.25, -0.2) is 4.98 Å². The van der Waals surface area contributed by atoms with Crippen LogP contribution in [0.4, 0.5) is 13.2 Å². The van der Waals surface area contributed by atoms with E-state index in [4.69, 9.17) is 4.74 Å². The molecule has 20 heavy (non-hydrogen) atoms. The van der Waals surface area contributed by atoms with Gasteiger partial charge < -0.3 is 10.1 Å². The number of rotatable bonds is 2. The van der Waals surface area contributed by atoms with Crippen molar-refractivity contribution >= 4 is 0 Å². The SMILES string of the molecule is FC(F)(F)c1ccc(OC2CC3(CCCNC3)C2)nc1.